The number of amides is 1. The lowest BCUT2D eigenvalue weighted by molar-refractivity contribution is -0.123. The summed E-state index contributed by atoms with van der Waals surface area (Å²) >= 11 is 9.19. The zero-order valence-corrected chi connectivity index (χ0v) is 14.9. The summed E-state index contributed by atoms with van der Waals surface area (Å²) < 4.78 is 6.13. The monoisotopic (exact) mass is 394 g/mol. The second-order valence-corrected chi connectivity index (χ2v) is 5.97. The van der Waals surface area contributed by atoms with E-state index in [-0.39, 0.29) is 12.5 Å². The normalized spacial score (nSPS) is 11.2. The van der Waals surface area contributed by atoms with Crippen LogP contribution in [0.3, 0.4) is 0 Å². The number of nitrogens with one attached hydrogen (secondary N) is 1. The number of nitrogens with zero attached hydrogens (tertiary/aromatic N) is 1. The molecular formula is C17H16BrClN2O2. The molecule has 2 aromatic carbocycles. The summed E-state index contributed by atoms with van der Waals surface area (Å²) in [5.41, 5.74) is 4.31. The molecule has 1 N–H and O–H groups in total. The third-order valence-corrected chi connectivity index (χ3v) is 3.86. The quantitative estimate of drug-likeness (QED) is 0.582. The molecule has 23 heavy (non-hydrogen) atoms. The number of rotatable bonds is 6. The Balaban J connectivity index is 1.92. The highest BCUT2D eigenvalue weighted by Crippen LogP contribution is 2.27. The largest absolute Gasteiger partial charge is 0.483 e. The zero-order valence-electron chi connectivity index (χ0n) is 12.6. The van der Waals surface area contributed by atoms with Crippen molar-refractivity contribution in [2.45, 2.75) is 13.3 Å². The van der Waals surface area contributed by atoms with Crippen molar-refractivity contribution < 1.29 is 9.53 Å². The number of ether oxygens (including phenoxy) is 1. The molecule has 0 aliphatic heterocycles. The molecule has 2 aromatic rings. The van der Waals surface area contributed by atoms with Gasteiger partial charge in [0.25, 0.3) is 5.91 Å². The molecule has 1 amide bonds. The Morgan fingerprint density at radius 2 is 2.00 bits per heavy atom. The van der Waals surface area contributed by atoms with Gasteiger partial charge in [0.15, 0.2) is 6.61 Å². The van der Waals surface area contributed by atoms with Crippen LogP contribution in [0.25, 0.3) is 0 Å². The minimum atomic E-state index is -0.325. The van der Waals surface area contributed by atoms with Gasteiger partial charge in [-0.3, -0.25) is 4.79 Å². The highest BCUT2D eigenvalue weighted by atomic mass is 79.9. The number of hydrogen-bond acceptors (Lipinski definition) is 3. The van der Waals surface area contributed by atoms with Crippen molar-refractivity contribution in [3.8, 4) is 5.75 Å². The Morgan fingerprint density at radius 1 is 1.26 bits per heavy atom. The molecule has 4 nitrogen and oxygen atoms in total. The maximum atomic E-state index is 11.9. The lowest BCUT2D eigenvalue weighted by atomic mass is 10.1. The average molecular weight is 396 g/mol. The molecule has 0 saturated heterocycles. The van der Waals surface area contributed by atoms with E-state index in [4.69, 9.17) is 16.3 Å². The molecule has 0 spiro atoms. The Bertz CT molecular complexity index is 705. The van der Waals surface area contributed by atoms with Gasteiger partial charge in [-0.2, -0.15) is 5.10 Å². The van der Waals surface area contributed by atoms with Gasteiger partial charge in [0.2, 0.25) is 0 Å². The molecule has 0 radical (unpaired) electrons. The van der Waals surface area contributed by atoms with Crippen LogP contribution >= 0.6 is 27.5 Å². The predicted molar refractivity (Wildman–Crippen MR) is 96.1 cm³/mol. The van der Waals surface area contributed by atoms with E-state index in [2.05, 4.69) is 26.5 Å². The van der Waals surface area contributed by atoms with Crippen LogP contribution in [-0.2, 0) is 4.79 Å². The summed E-state index contributed by atoms with van der Waals surface area (Å²) in [6.07, 6.45) is 0.716. The van der Waals surface area contributed by atoms with Gasteiger partial charge < -0.3 is 4.74 Å². The van der Waals surface area contributed by atoms with E-state index in [0.29, 0.717) is 21.7 Å². The molecule has 120 valence electrons. The van der Waals surface area contributed by atoms with E-state index in [1.807, 2.05) is 37.3 Å². The molecule has 0 atom stereocenters. The first kappa shape index (κ1) is 17.5. The van der Waals surface area contributed by atoms with Crippen LogP contribution in [0.4, 0.5) is 0 Å². The fourth-order valence-electron chi connectivity index (χ4n) is 1.88. The first-order chi connectivity index (χ1) is 11.1. The van der Waals surface area contributed by atoms with E-state index in [1.165, 1.54) is 0 Å². The third-order valence-electron chi connectivity index (χ3n) is 3.01. The summed E-state index contributed by atoms with van der Waals surface area (Å²) in [6.45, 7) is 1.86. The minimum absolute atomic E-state index is 0.129. The maximum absolute atomic E-state index is 11.9. The van der Waals surface area contributed by atoms with Crippen LogP contribution in [0.5, 0.6) is 5.75 Å². The van der Waals surface area contributed by atoms with Gasteiger partial charge in [0, 0.05) is 5.02 Å². The van der Waals surface area contributed by atoms with Crippen LogP contribution in [0.1, 0.15) is 18.9 Å². The van der Waals surface area contributed by atoms with Crippen molar-refractivity contribution in [2.75, 3.05) is 6.61 Å². The van der Waals surface area contributed by atoms with Crippen molar-refractivity contribution in [3.63, 3.8) is 0 Å². The second-order valence-electron chi connectivity index (χ2n) is 4.68. The molecule has 0 heterocycles. The summed E-state index contributed by atoms with van der Waals surface area (Å²) in [7, 11) is 0. The number of carbonyl (C=O) groups excluding carboxylic acids is 1. The molecule has 0 aliphatic carbocycles. The summed E-state index contributed by atoms with van der Waals surface area (Å²) in [5, 5.41) is 4.76. The number of hydrogen-bond donors (Lipinski definition) is 1. The van der Waals surface area contributed by atoms with Crippen molar-refractivity contribution in [1.82, 2.24) is 5.43 Å². The molecule has 0 fully saturated rings. The maximum Gasteiger partial charge on any atom is 0.277 e. The van der Waals surface area contributed by atoms with E-state index in [1.54, 1.807) is 18.2 Å². The minimum Gasteiger partial charge on any atom is -0.483 e. The van der Waals surface area contributed by atoms with Gasteiger partial charge in [0.1, 0.15) is 5.75 Å². The number of halogens is 2. The van der Waals surface area contributed by atoms with Crippen LogP contribution < -0.4 is 10.2 Å². The van der Waals surface area contributed by atoms with Crippen LogP contribution in [-0.4, -0.2) is 18.2 Å². The van der Waals surface area contributed by atoms with E-state index in [0.717, 1.165) is 11.3 Å². The molecule has 2 rings (SSSR count). The van der Waals surface area contributed by atoms with Gasteiger partial charge in [-0.05, 0) is 46.1 Å². The Kier molecular flexibility index (Phi) is 6.62. The predicted octanol–water partition coefficient (Wildman–Crippen LogP) is 4.41. The number of benzene rings is 2. The molecule has 6 heteroatoms. The van der Waals surface area contributed by atoms with Crippen LogP contribution in [0.15, 0.2) is 58.1 Å². The van der Waals surface area contributed by atoms with Gasteiger partial charge in [0.05, 0.1) is 10.2 Å². The Hall–Kier alpha value is -1.85. The van der Waals surface area contributed by atoms with Gasteiger partial charge in [-0.15, -0.1) is 0 Å². The standard InChI is InChI=1S/C17H16BrClN2O2/c1-2-15(12-6-4-3-5-7-12)20-21-17(22)11-23-16-9-8-13(19)10-14(16)18/h3-10H,2,11H2,1H3,(H,21,22)/b20-15+. The summed E-state index contributed by atoms with van der Waals surface area (Å²) in [4.78, 5) is 11.9. The van der Waals surface area contributed by atoms with Gasteiger partial charge in [-0.1, -0.05) is 48.9 Å². The van der Waals surface area contributed by atoms with Crippen molar-refractivity contribution in [1.29, 1.82) is 0 Å². The molecular weight excluding hydrogens is 380 g/mol. The third kappa shape index (κ3) is 5.37. The summed E-state index contributed by atoms with van der Waals surface area (Å²) in [6, 6.07) is 14.8. The first-order valence-electron chi connectivity index (χ1n) is 7.09. The van der Waals surface area contributed by atoms with E-state index < -0.39 is 0 Å². The second kappa shape index (κ2) is 8.70. The zero-order chi connectivity index (χ0) is 16.7. The fraction of sp³-hybridized carbons (Fsp3) is 0.176. The number of carbonyl (C=O) groups is 1. The first-order valence-corrected chi connectivity index (χ1v) is 8.26. The highest BCUT2D eigenvalue weighted by molar-refractivity contribution is 9.10. The van der Waals surface area contributed by atoms with Gasteiger partial charge in [-0.25, -0.2) is 5.43 Å². The molecule has 0 bridgehead atoms. The highest BCUT2D eigenvalue weighted by Gasteiger charge is 2.07. The molecule has 0 unspecified atom stereocenters. The number of hydrazone groups is 1. The van der Waals surface area contributed by atoms with Crippen LogP contribution in [0, 0.1) is 0 Å². The fourth-order valence-corrected chi connectivity index (χ4v) is 2.67. The van der Waals surface area contributed by atoms with Crippen molar-refractivity contribution in [3.05, 3.63) is 63.6 Å². The SMILES string of the molecule is CC/C(=N\NC(=O)COc1ccc(Cl)cc1Br)c1ccccc1. The average Bonchev–Trinajstić information content (AvgIpc) is 2.55. The van der Waals surface area contributed by atoms with Crippen LogP contribution in [0.2, 0.25) is 5.02 Å². The molecule has 0 saturated carbocycles. The van der Waals surface area contributed by atoms with Gasteiger partial charge >= 0.3 is 0 Å². The van der Waals surface area contributed by atoms with E-state index in [9.17, 15) is 4.79 Å². The smallest absolute Gasteiger partial charge is 0.277 e. The van der Waals surface area contributed by atoms with Crippen molar-refractivity contribution in [2.24, 2.45) is 5.10 Å². The summed E-state index contributed by atoms with van der Waals surface area (Å²) in [5.74, 6) is 0.223. The lowest BCUT2D eigenvalue weighted by Crippen LogP contribution is -2.26. The molecule has 0 aliphatic rings. The lowest BCUT2D eigenvalue weighted by Gasteiger charge is -2.08. The Morgan fingerprint density at radius 3 is 2.65 bits per heavy atom. The van der Waals surface area contributed by atoms with E-state index >= 15 is 0 Å². The van der Waals surface area contributed by atoms with Crippen molar-refractivity contribution >= 4 is 39.1 Å². The Labute approximate surface area is 148 Å². The topological polar surface area (TPSA) is 50.7 Å². The molecule has 0 aromatic heterocycles.